The van der Waals surface area contributed by atoms with Gasteiger partial charge in [-0.2, -0.15) is 0 Å². The topological polar surface area (TPSA) is 72.3 Å². The molecule has 1 rings (SSSR count). The van der Waals surface area contributed by atoms with E-state index in [2.05, 4.69) is 11.8 Å². The molecule has 2 atom stereocenters. The lowest BCUT2D eigenvalue weighted by atomic mass is 9.98. The first-order valence-corrected chi connectivity index (χ1v) is 5.23. The first-order chi connectivity index (χ1) is 6.42. The van der Waals surface area contributed by atoms with E-state index in [0.29, 0.717) is 6.42 Å². The quantitative estimate of drug-likeness (QED) is 0.665. The Morgan fingerprint density at radius 3 is 2.71 bits per heavy atom. The van der Waals surface area contributed by atoms with Crippen LogP contribution in [-0.2, 0) is 4.79 Å². The van der Waals surface area contributed by atoms with E-state index in [9.17, 15) is 4.79 Å². The molecule has 0 saturated carbocycles. The monoisotopic (exact) mass is 199 g/mol. The molecule has 4 nitrogen and oxygen atoms in total. The fraction of sp³-hybridized carbons (Fsp3) is 0.900. The number of amides is 1. The van der Waals surface area contributed by atoms with E-state index in [1.165, 1.54) is 6.42 Å². The number of rotatable bonds is 4. The van der Waals surface area contributed by atoms with Crippen molar-refractivity contribution in [2.45, 2.75) is 32.2 Å². The van der Waals surface area contributed by atoms with Crippen LogP contribution in [0.1, 0.15) is 26.7 Å². The highest BCUT2D eigenvalue weighted by Gasteiger charge is 2.27. The van der Waals surface area contributed by atoms with Gasteiger partial charge in [0, 0.05) is 13.1 Å². The lowest BCUT2D eigenvalue weighted by molar-refractivity contribution is -0.122. The molecule has 0 radical (unpaired) electrons. The summed E-state index contributed by atoms with van der Waals surface area (Å²) in [5, 5.41) is 0. The Hall–Kier alpha value is -0.610. The van der Waals surface area contributed by atoms with Gasteiger partial charge in [0.2, 0.25) is 5.91 Å². The van der Waals surface area contributed by atoms with E-state index < -0.39 is 11.4 Å². The Morgan fingerprint density at radius 1 is 1.64 bits per heavy atom. The molecule has 2 unspecified atom stereocenters. The molecule has 1 aliphatic heterocycles. The average molecular weight is 199 g/mol. The van der Waals surface area contributed by atoms with E-state index in [1.54, 1.807) is 6.92 Å². The number of hydrogen-bond donors (Lipinski definition) is 2. The Balaban J connectivity index is 2.30. The molecule has 1 saturated heterocycles. The minimum Gasteiger partial charge on any atom is -0.368 e. The molecule has 4 N–H and O–H groups in total. The maximum absolute atomic E-state index is 11.0. The SMILES string of the molecule is CC1CCN(CCC(C)(N)C(N)=O)C1. The zero-order chi connectivity index (χ0) is 10.8. The highest BCUT2D eigenvalue weighted by molar-refractivity contribution is 5.83. The molecule has 0 aliphatic carbocycles. The van der Waals surface area contributed by atoms with Gasteiger partial charge in [0.25, 0.3) is 0 Å². The van der Waals surface area contributed by atoms with E-state index >= 15 is 0 Å². The summed E-state index contributed by atoms with van der Waals surface area (Å²) < 4.78 is 0. The fourth-order valence-electron chi connectivity index (χ4n) is 1.74. The van der Waals surface area contributed by atoms with Crippen molar-refractivity contribution in [2.24, 2.45) is 17.4 Å². The first kappa shape index (κ1) is 11.5. The molecular formula is C10H21N3O. The zero-order valence-corrected chi connectivity index (χ0v) is 9.12. The third-order valence-corrected chi connectivity index (χ3v) is 3.02. The molecule has 1 amide bonds. The largest absolute Gasteiger partial charge is 0.368 e. The summed E-state index contributed by atoms with van der Waals surface area (Å²) in [7, 11) is 0. The van der Waals surface area contributed by atoms with Crippen LogP contribution in [0.3, 0.4) is 0 Å². The number of likely N-dealkylation sites (tertiary alicyclic amines) is 1. The van der Waals surface area contributed by atoms with Gasteiger partial charge in [-0.05, 0) is 32.2 Å². The number of nitrogens with two attached hydrogens (primary N) is 2. The second kappa shape index (κ2) is 4.28. The summed E-state index contributed by atoms with van der Waals surface area (Å²) in [4.78, 5) is 13.3. The third kappa shape index (κ3) is 2.96. The lowest BCUT2D eigenvalue weighted by Crippen LogP contribution is -2.51. The van der Waals surface area contributed by atoms with Crippen LogP contribution in [0, 0.1) is 5.92 Å². The molecule has 14 heavy (non-hydrogen) atoms. The first-order valence-electron chi connectivity index (χ1n) is 5.23. The van der Waals surface area contributed by atoms with Crippen LogP contribution in [0.5, 0.6) is 0 Å². The molecule has 0 aromatic carbocycles. The molecule has 1 heterocycles. The molecule has 82 valence electrons. The van der Waals surface area contributed by atoms with Crippen LogP contribution in [0.2, 0.25) is 0 Å². The summed E-state index contributed by atoms with van der Waals surface area (Å²) >= 11 is 0. The van der Waals surface area contributed by atoms with Gasteiger partial charge in [0.05, 0.1) is 5.54 Å². The number of nitrogens with zero attached hydrogens (tertiary/aromatic N) is 1. The Kier molecular flexibility index (Phi) is 3.50. The van der Waals surface area contributed by atoms with Gasteiger partial charge in [-0.25, -0.2) is 0 Å². The van der Waals surface area contributed by atoms with Gasteiger partial charge in [-0.1, -0.05) is 6.92 Å². The van der Waals surface area contributed by atoms with Gasteiger partial charge in [-0.15, -0.1) is 0 Å². The maximum Gasteiger partial charge on any atom is 0.237 e. The normalized spacial score (nSPS) is 27.5. The van der Waals surface area contributed by atoms with Gasteiger partial charge < -0.3 is 16.4 Å². The number of primary amides is 1. The van der Waals surface area contributed by atoms with Crippen molar-refractivity contribution in [1.82, 2.24) is 4.90 Å². The van der Waals surface area contributed by atoms with Crippen LogP contribution < -0.4 is 11.5 Å². The Bertz CT molecular complexity index is 215. The Labute approximate surface area is 85.6 Å². The van der Waals surface area contributed by atoms with Crippen LogP contribution in [0.4, 0.5) is 0 Å². The van der Waals surface area contributed by atoms with E-state index in [-0.39, 0.29) is 0 Å². The van der Waals surface area contributed by atoms with Crippen LogP contribution >= 0.6 is 0 Å². The molecule has 4 heteroatoms. The van der Waals surface area contributed by atoms with Crippen molar-refractivity contribution in [3.63, 3.8) is 0 Å². The third-order valence-electron chi connectivity index (χ3n) is 3.02. The molecule has 1 aliphatic rings. The molecule has 0 spiro atoms. The van der Waals surface area contributed by atoms with Crippen LogP contribution in [-0.4, -0.2) is 36.0 Å². The standard InChI is InChI=1S/C10H21N3O/c1-8-3-5-13(7-8)6-4-10(2,12)9(11)14/h8H,3-7,12H2,1-2H3,(H2,11,14). The summed E-state index contributed by atoms with van der Waals surface area (Å²) in [6.45, 7) is 7.07. The van der Waals surface area contributed by atoms with Crippen molar-refractivity contribution in [1.29, 1.82) is 0 Å². The number of carbonyl (C=O) groups is 1. The van der Waals surface area contributed by atoms with Gasteiger partial charge in [0.1, 0.15) is 0 Å². The van der Waals surface area contributed by atoms with Crippen LogP contribution in [0.15, 0.2) is 0 Å². The minimum absolute atomic E-state index is 0.412. The maximum atomic E-state index is 11.0. The highest BCUT2D eigenvalue weighted by Crippen LogP contribution is 2.16. The molecule has 0 aromatic rings. The Morgan fingerprint density at radius 2 is 2.29 bits per heavy atom. The average Bonchev–Trinajstić information content (AvgIpc) is 2.48. The molecular weight excluding hydrogens is 178 g/mol. The molecule has 0 aromatic heterocycles. The smallest absolute Gasteiger partial charge is 0.237 e. The predicted octanol–water partition coefficient (Wildman–Crippen LogP) is -0.0790. The summed E-state index contributed by atoms with van der Waals surface area (Å²) in [6, 6.07) is 0. The van der Waals surface area contributed by atoms with E-state index in [4.69, 9.17) is 11.5 Å². The van der Waals surface area contributed by atoms with Crippen molar-refractivity contribution in [3.05, 3.63) is 0 Å². The van der Waals surface area contributed by atoms with Crippen molar-refractivity contribution in [3.8, 4) is 0 Å². The van der Waals surface area contributed by atoms with Gasteiger partial charge in [0.15, 0.2) is 0 Å². The van der Waals surface area contributed by atoms with Gasteiger partial charge in [-0.3, -0.25) is 4.79 Å². The second-order valence-electron chi connectivity index (χ2n) is 4.73. The van der Waals surface area contributed by atoms with E-state index in [1.807, 2.05) is 0 Å². The number of hydrogen-bond acceptors (Lipinski definition) is 3. The van der Waals surface area contributed by atoms with Gasteiger partial charge >= 0.3 is 0 Å². The predicted molar refractivity (Wildman–Crippen MR) is 56.6 cm³/mol. The van der Waals surface area contributed by atoms with E-state index in [0.717, 1.165) is 25.6 Å². The molecule has 0 bridgehead atoms. The number of carbonyl (C=O) groups excluding carboxylic acids is 1. The highest BCUT2D eigenvalue weighted by atomic mass is 16.1. The van der Waals surface area contributed by atoms with Crippen molar-refractivity contribution < 1.29 is 4.79 Å². The van der Waals surface area contributed by atoms with Crippen LogP contribution in [0.25, 0.3) is 0 Å². The second-order valence-corrected chi connectivity index (χ2v) is 4.73. The summed E-state index contributed by atoms with van der Waals surface area (Å²) in [6.07, 6.45) is 1.90. The zero-order valence-electron chi connectivity index (χ0n) is 9.12. The summed E-state index contributed by atoms with van der Waals surface area (Å²) in [5.41, 5.74) is 10.1. The lowest BCUT2D eigenvalue weighted by Gasteiger charge is -2.24. The fourth-order valence-corrected chi connectivity index (χ4v) is 1.74. The van der Waals surface area contributed by atoms with Crippen molar-refractivity contribution in [2.75, 3.05) is 19.6 Å². The minimum atomic E-state index is -0.855. The molecule has 1 fully saturated rings. The summed E-state index contributed by atoms with van der Waals surface area (Å²) in [5.74, 6) is 0.359. The van der Waals surface area contributed by atoms with Crippen molar-refractivity contribution >= 4 is 5.91 Å².